The van der Waals surface area contributed by atoms with Gasteiger partial charge in [0, 0.05) is 12.8 Å². The maximum absolute atomic E-state index is 12.4. The molecule has 1 saturated carbocycles. The normalized spacial score (nSPS) is 20.1. The van der Waals surface area contributed by atoms with Crippen molar-refractivity contribution in [1.82, 2.24) is 0 Å². The van der Waals surface area contributed by atoms with Gasteiger partial charge in [0.1, 0.15) is 24.4 Å². The zero-order chi connectivity index (χ0) is 31.3. The lowest BCUT2D eigenvalue weighted by atomic mass is 9.89. The van der Waals surface area contributed by atoms with E-state index in [4.69, 9.17) is 38.6 Å². The molecule has 0 bridgehead atoms. The van der Waals surface area contributed by atoms with Gasteiger partial charge in [-0.1, -0.05) is 91.9 Å². The average Bonchev–Trinajstić information content (AvgIpc) is 2.88. The standard InChI is InChI=1S/C30H52O12/c1-21(2)15-11-7-5-9-13-17-37-29(35)41-25-19-23(39-27(31)32)24(40-28(33)34)20-26(25)42-30(36)38-18-14-10-6-8-12-16-22(3)4/h21-26H,5-20H2,1-4H3,(H,31,32)(H,33,34). The van der Waals surface area contributed by atoms with Crippen LogP contribution >= 0.6 is 0 Å². The number of carbonyl (C=O) groups is 4. The van der Waals surface area contributed by atoms with E-state index in [0.29, 0.717) is 24.7 Å². The smallest absolute Gasteiger partial charge is 0.450 e. The highest BCUT2D eigenvalue weighted by molar-refractivity contribution is 5.62. The Morgan fingerprint density at radius 1 is 0.524 bits per heavy atom. The van der Waals surface area contributed by atoms with Crippen molar-refractivity contribution in [2.75, 3.05) is 13.2 Å². The van der Waals surface area contributed by atoms with Gasteiger partial charge in [0.25, 0.3) is 0 Å². The van der Waals surface area contributed by atoms with Crippen LogP contribution in [0.1, 0.15) is 118 Å². The quantitative estimate of drug-likeness (QED) is 0.0784. The van der Waals surface area contributed by atoms with Crippen LogP contribution in [-0.2, 0) is 28.4 Å². The molecule has 244 valence electrons. The molecule has 2 N–H and O–H groups in total. The molecular formula is C30H52O12. The molecule has 12 nitrogen and oxygen atoms in total. The fourth-order valence-corrected chi connectivity index (χ4v) is 4.82. The first-order chi connectivity index (χ1) is 20.0. The summed E-state index contributed by atoms with van der Waals surface area (Å²) in [6, 6.07) is 0. The highest BCUT2D eigenvalue weighted by Gasteiger charge is 2.46. The Morgan fingerprint density at radius 3 is 1.17 bits per heavy atom. The van der Waals surface area contributed by atoms with Crippen LogP contribution < -0.4 is 0 Å². The molecule has 0 amide bonds. The van der Waals surface area contributed by atoms with Gasteiger partial charge in [0.15, 0.2) is 0 Å². The number of hydrogen-bond acceptors (Lipinski definition) is 10. The summed E-state index contributed by atoms with van der Waals surface area (Å²) in [4.78, 5) is 47.2. The molecule has 4 atom stereocenters. The molecule has 1 aliphatic carbocycles. The molecule has 0 heterocycles. The summed E-state index contributed by atoms with van der Waals surface area (Å²) in [5.74, 6) is 1.36. The highest BCUT2D eigenvalue weighted by atomic mass is 16.8. The summed E-state index contributed by atoms with van der Waals surface area (Å²) in [6.07, 6.45) is 1.26. The van der Waals surface area contributed by atoms with E-state index in [1.807, 2.05) is 0 Å². The SMILES string of the molecule is CC(C)CCCCCCCOC(=O)OC1CC(OC(=O)O)C(OC(=O)O)CC1OC(=O)OCCCCCCCC(C)C. The Labute approximate surface area is 249 Å². The minimum absolute atomic E-state index is 0.139. The Balaban J connectivity index is 2.60. The van der Waals surface area contributed by atoms with Crippen molar-refractivity contribution in [3.8, 4) is 0 Å². The number of unbranched alkanes of at least 4 members (excludes halogenated alkanes) is 8. The summed E-state index contributed by atoms with van der Waals surface area (Å²) in [6.45, 7) is 9.05. The molecule has 1 fully saturated rings. The van der Waals surface area contributed by atoms with Crippen molar-refractivity contribution in [3.05, 3.63) is 0 Å². The maximum Gasteiger partial charge on any atom is 0.508 e. The topological polar surface area (TPSA) is 164 Å². The number of ether oxygens (including phenoxy) is 6. The van der Waals surface area contributed by atoms with Crippen LogP contribution in [0.4, 0.5) is 19.2 Å². The van der Waals surface area contributed by atoms with E-state index < -0.39 is 49.0 Å². The first kappa shape index (κ1) is 37.1. The van der Waals surface area contributed by atoms with Crippen molar-refractivity contribution in [2.45, 2.75) is 142 Å². The summed E-state index contributed by atoms with van der Waals surface area (Å²) in [5.41, 5.74) is 0. The number of hydrogen-bond donors (Lipinski definition) is 2. The van der Waals surface area contributed by atoms with Crippen molar-refractivity contribution in [2.24, 2.45) is 11.8 Å². The van der Waals surface area contributed by atoms with E-state index in [1.54, 1.807) is 0 Å². The lowest BCUT2D eigenvalue weighted by molar-refractivity contribution is -0.139. The Morgan fingerprint density at radius 2 is 0.833 bits per heavy atom. The first-order valence-corrected chi connectivity index (χ1v) is 15.4. The highest BCUT2D eigenvalue weighted by Crippen LogP contribution is 2.30. The largest absolute Gasteiger partial charge is 0.508 e. The molecule has 0 aromatic carbocycles. The lowest BCUT2D eigenvalue weighted by Gasteiger charge is -2.37. The second-order valence-electron chi connectivity index (χ2n) is 11.7. The molecule has 4 unspecified atom stereocenters. The van der Waals surface area contributed by atoms with Crippen LogP contribution in [-0.4, -0.2) is 72.5 Å². The van der Waals surface area contributed by atoms with E-state index >= 15 is 0 Å². The van der Waals surface area contributed by atoms with Crippen LogP contribution in [0.25, 0.3) is 0 Å². The molecule has 0 aromatic rings. The minimum Gasteiger partial charge on any atom is -0.450 e. The van der Waals surface area contributed by atoms with Crippen molar-refractivity contribution >= 4 is 24.6 Å². The summed E-state index contributed by atoms with van der Waals surface area (Å²) in [7, 11) is 0. The second-order valence-corrected chi connectivity index (χ2v) is 11.7. The van der Waals surface area contributed by atoms with E-state index in [-0.39, 0.29) is 26.1 Å². The molecule has 0 radical (unpaired) electrons. The molecule has 12 heteroatoms. The number of carbonyl (C=O) groups excluding carboxylic acids is 2. The number of rotatable bonds is 20. The van der Waals surface area contributed by atoms with E-state index in [1.165, 1.54) is 12.8 Å². The fourth-order valence-electron chi connectivity index (χ4n) is 4.82. The van der Waals surface area contributed by atoms with Gasteiger partial charge in [0.2, 0.25) is 0 Å². The second kappa shape index (κ2) is 21.7. The summed E-state index contributed by atoms with van der Waals surface area (Å²) >= 11 is 0. The van der Waals surface area contributed by atoms with Crippen LogP contribution in [0.5, 0.6) is 0 Å². The average molecular weight is 605 g/mol. The third-order valence-corrected chi connectivity index (χ3v) is 7.05. The van der Waals surface area contributed by atoms with E-state index in [9.17, 15) is 19.2 Å². The first-order valence-electron chi connectivity index (χ1n) is 15.4. The monoisotopic (exact) mass is 604 g/mol. The van der Waals surface area contributed by atoms with Crippen LogP contribution in [0.2, 0.25) is 0 Å². The molecule has 0 spiro atoms. The van der Waals surface area contributed by atoms with Gasteiger partial charge in [-0.25, -0.2) is 19.2 Å². The lowest BCUT2D eigenvalue weighted by Crippen LogP contribution is -2.51. The number of carboxylic acid groups (broad SMARTS) is 2. The maximum atomic E-state index is 12.4. The third kappa shape index (κ3) is 18.5. The third-order valence-electron chi connectivity index (χ3n) is 7.05. The minimum atomic E-state index is -1.66. The molecule has 42 heavy (non-hydrogen) atoms. The van der Waals surface area contributed by atoms with Gasteiger partial charge in [-0.2, -0.15) is 0 Å². The predicted octanol–water partition coefficient (Wildman–Crippen LogP) is 7.94. The fraction of sp³-hybridized carbons (Fsp3) is 0.867. The molecular weight excluding hydrogens is 552 g/mol. The van der Waals surface area contributed by atoms with Gasteiger partial charge in [-0.05, 0) is 24.7 Å². The van der Waals surface area contributed by atoms with Crippen molar-refractivity contribution in [1.29, 1.82) is 0 Å². The van der Waals surface area contributed by atoms with Crippen molar-refractivity contribution < 1.29 is 57.8 Å². The summed E-state index contributed by atoms with van der Waals surface area (Å²) < 4.78 is 30.6. The van der Waals surface area contributed by atoms with Crippen LogP contribution in [0.15, 0.2) is 0 Å². The van der Waals surface area contributed by atoms with Gasteiger partial charge < -0.3 is 38.6 Å². The van der Waals surface area contributed by atoms with Gasteiger partial charge in [-0.15, -0.1) is 0 Å². The Bertz CT molecular complexity index is 720. The molecule has 0 aliphatic heterocycles. The summed E-state index contributed by atoms with van der Waals surface area (Å²) in [5, 5.41) is 18.2. The van der Waals surface area contributed by atoms with Crippen molar-refractivity contribution in [3.63, 3.8) is 0 Å². The Kier molecular flexibility index (Phi) is 19.2. The van der Waals surface area contributed by atoms with E-state index in [2.05, 4.69) is 27.7 Å². The van der Waals surface area contributed by atoms with Gasteiger partial charge in [0.05, 0.1) is 13.2 Å². The van der Waals surface area contributed by atoms with Crippen LogP contribution in [0, 0.1) is 11.8 Å². The molecule has 0 saturated heterocycles. The predicted molar refractivity (Wildman–Crippen MR) is 153 cm³/mol. The zero-order valence-corrected chi connectivity index (χ0v) is 25.8. The Hall–Kier alpha value is -2.92. The van der Waals surface area contributed by atoms with E-state index in [0.717, 1.165) is 51.4 Å². The van der Waals surface area contributed by atoms with Gasteiger partial charge >= 0.3 is 24.6 Å². The zero-order valence-electron chi connectivity index (χ0n) is 25.8. The van der Waals surface area contributed by atoms with Crippen LogP contribution in [0.3, 0.4) is 0 Å². The molecule has 0 aromatic heterocycles. The van der Waals surface area contributed by atoms with Gasteiger partial charge in [-0.3, -0.25) is 0 Å². The molecule has 1 aliphatic rings. The molecule has 1 rings (SSSR count).